The summed E-state index contributed by atoms with van der Waals surface area (Å²) in [5.41, 5.74) is 23.4. The molecule has 0 unspecified atom stereocenters. The Labute approximate surface area is 282 Å². The quantitative estimate of drug-likeness (QED) is 0.178. The van der Waals surface area contributed by atoms with E-state index in [1.807, 2.05) is 0 Å². The molecule has 1 aliphatic heterocycles. The van der Waals surface area contributed by atoms with E-state index in [9.17, 15) is 0 Å². The van der Waals surface area contributed by atoms with Gasteiger partial charge in [0.2, 0.25) is 12.5 Å². The Morgan fingerprint density at radius 2 is 1.31 bits per heavy atom. The molecule has 0 saturated carbocycles. The minimum Gasteiger partial charge on any atom is -0.279 e. The second kappa shape index (κ2) is 9.08. The zero-order chi connectivity index (χ0) is 33.0. The lowest BCUT2D eigenvalue weighted by Crippen LogP contribution is -2.56. The molecule has 0 spiro atoms. The van der Waals surface area contributed by atoms with Gasteiger partial charge < -0.3 is 0 Å². The van der Waals surface area contributed by atoms with Crippen LogP contribution in [0.15, 0.2) is 84.9 Å². The first-order chi connectivity index (χ1) is 23.1. The van der Waals surface area contributed by atoms with Gasteiger partial charge in [0, 0.05) is 10.8 Å². The molecule has 3 nitrogen and oxygen atoms in total. The van der Waals surface area contributed by atoms with Crippen molar-refractivity contribution in [2.75, 3.05) is 0 Å². The summed E-state index contributed by atoms with van der Waals surface area (Å²) in [5, 5.41) is 2.69. The second-order valence-electron chi connectivity index (χ2n) is 15.1. The van der Waals surface area contributed by atoms with Gasteiger partial charge in [-0.05, 0) is 114 Å². The van der Waals surface area contributed by atoms with Crippen molar-refractivity contribution in [2.45, 2.75) is 60.8 Å². The van der Waals surface area contributed by atoms with E-state index in [1.165, 1.54) is 105 Å². The molecule has 3 heterocycles. The Balaban J connectivity index is 1.47. The van der Waals surface area contributed by atoms with E-state index in [-0.39, 0.29) is 12.1 Å². The number of rotatable bonds is 2. The molecule has 0 fully saturated rings. The lowest BCUT2D eigenvalue weighted by molar-refractivity contribution is 0.656. The van der Waals surface area contributed by atoms with Gasteiger partial charge in [0.05, 0.1) is 27.8 Å². The summed E-state index contributed by atoms with van der Waals surface area (Å²) in [6.45, 7) is 18.6. The molecule has 232 valence electrons. The van der Waals surface area contributed by atoms with Gasteiger partial charge in [0.25, 0.3) is 0 Å². The normalized spacial score (nSPS) is 14.4. The third kappa shape index (κ3) is 3.19. The number of hydrogen-bond acceptors (Lipinski definition) is 1. The van der Waals surface area contributed by atoms with Gasteiger partial charge in [-0.1, -0.05) is 103 Å². The van der Waals surface area contributed by atoms with Crippen molar-refractivity contribution in [2.24, 2.45) is 0 Å². The Bertz CT molecular complexity index is 2750. The Hall–Kier alpha value is -5.09. The highest BCUT2D eigenvalue weighted by Crippen LogP contribution is 2.51. The van der Waals surface area contributed by atoms with Gasteiger partial charge in [-0.25, -0.2) is 4.98 Å². The van der Waals surface area contributed by atoms with Gasteiger partial charge in [-0.15, -0.1) is 0 Å². The maximum Gasteiger partial charge on any atom is 0.247 e. The molecule has 4 heteroatoms. The lowest BCUT2D eigenvalue weighted by Gasteiger charge is -2.31. The number of benzene rings is 6. The zero-order valence-corrected chi connectivity index (χ0v) is 29.0. The van der Waals surface area contributed by atoms with E-state index < -0.39 is 0 Å². The minimum absolute atomic E-state index is 0.123. The highest BCUT2D eigenvalue weighted by Gasteiger charge is 2.40. The van der Waals surface area contributed by atoms with E-state index in [0.29, 0.717) is 0 Å². The topological polar surface area (TPSA) is 22.2 Å². The molecule has 2 aromatic heterocycles. The lowest BCUT2D eigenvalue weighted by atomic mass is 9.34. The van der Waals surface area contributed by atoms with E-state index in [1.54, 1.807) is 0 Å². The van der Waals surface area contributed by atoms with Crippen LogP contribution in [0.4, 0.5) is 0 Å². The number of fused-ring (bicyclic) bond motifs is 3. The number of imidazole rings is 1. The molecule has 0 atom stereocenters. The highest BCUT2D eigenvalue weighted by atomic mass is 15.2. The van der Waals surface area contributed by atoms with E-state index in [4.69, 9.17) is 4.98 Å². The summed E-state index contributed by atoms with van der Waals surface area (Å²) in [7, 11) is 0. The first kappa shape index (κ1) is 28.0. The average Bonchev–Trinajstić information content (AvgIpc) is 3.57. The van der Waals surface area contributed by atoms with Crippen molar-refractivity contribution in [3.8, 4) is 16.8 Å². The van der Waals surface area contributed by atoms with Crippen molar-refractivity contribution in [3.63, 3.8) is 0 Å². The SMILES string of the molecule is Cc1cccc(C)c1B1c2cc(C)c(C)c3nc4n(-c5cccc6c5C(C)(C)c5ccccc5-6)c5ccc(C)c6c(C)cc1c(c65)n4c23. The van der Waals surface area contributed by atoms with E-state index in [2.05, 4.69) is 149 Å². The smallest absolute Gasteiger partial charge is 0.247 e. The van der Waals surface area contributed by atoms with E-state index in [0.717, 1.165) is 11.3 Å². The molecule has 10 rings (SSSR count). The Morgan fingerprint density at radius 3 is 2.10 bits per heavy atom. The fraction of sp³-hybridized carbons (Fsp3) is 0.205. The average molecular weight is 620 g/mol. The minimum atomic E-state index is -0.163. The molecule has 1 aliphatic carbocycles. The third-order valence-electron chi connectivity index (χ3n) is 12.0. The summed E-state index contributed by atoms with van der Waals surface area (Å²) in [6, 6.07) is 32.2. The van der Waals surface area contributed by atoms with Crippen molar-refractivity contribution in [3.05, 3.63) is 129 Å². The molecule has 0 N–H and O–H groups in total. The third-order valence-corrected chi connectivity index (χ3v) is 12.0. The van der Waals surface area contributed by atoms with Crippen molar-refractivity contribution >= 4 is 61.7 Å². The molecule has 8 aromatic rings. The molecule has 0 amide bonds. The predicted molar refractivity (Wildman–Crippen MR) is 204 cm³/mol. The number of aromatic nitrogens is 3. The van der Waals surface area contributed by atoms with Crippen LogP contribution in [0.3, 0.4) is 0 Å². The van der Waals surface area contributed by atoms with Crippen LogP contribution < -0.4 is 16.4 Å². The van der Waals surface area contributed by atoms with Crippen LogP contribution in [0.5, 0.6) is 0 Å². The molecule has 0 bridgehead atoms. The molecule has 2 aliphatic rings. The molecule has 0 saturated heterocycles. The summed E-state index contributed by atoms with van der Waals surface area (Å²) in [5.74, 6) is 0.989. The van der Waals surface area contributed by atoms with Crippen molar-refractivity contribution < 1.29 is 0 Å². The number of hydrogen-bond donors (Lipinski definition) is 0. The predicted octanol–water partition coefficient (Wildman–Crippen LogP) is 8.57. The number of aryl methyl sites for hydroxylation is 6. The van der Waals surface area contributed by atoms with Gasteiger partial charge in [0.15, 0.2) is 0 Å². The maximum atomic E-state index is 5.68. The van der Waals surface area contributed by atoms with Crippen LogP contribution in [0.2, 0.25) is 0 Å². The molecule has 6 aromatic carbocycles. The summed E-state index contributed by atoms with van der Waals surface area (Å²) >= 11 is 0. The highest BCUT2D eigenvalue weighted by molar-refractivity contribution is 6.99. The van der Waals surface area contributed by atoms with Crippen LogP contribution in [-0.2, 0) is 5.41 Å². The van der Waals surface area contributed by atoms with Crippen LogP contribution in [0, 0.1) is 41.5 Å². The first-order valence-electron chi connectivity index (χ1n) is 17.3. The van der Waals surface area contributed by atoms with Crippen LogP contribution in [0.1, 0.15) is 58.4 Å². The fourth-order valence-electron chi connectivity index (χ4n) is 9.84. The van der Waals surface area contributed by atoms with Crippen LogP contribution in [0.25, 0.3) is 55.4 Å². The van der Waals surface area contributed by atoms with Crippen molar-refractivity contribution in [1.29, 1.82) is 0 Å². The summed E-state index contributed by atoms with van der Waals surface area (Å²) < 4.78 is 5.04. The summed E-state index contributed by atoms with van der Waals surface area (Å²) in [6.07, 6.45) is 0. The van der Waals surface area contributed by atoms with Gasteiger partial charge >= 0.3 is 0 Å². The van der Waals surface area contributed by atoms with Crippen molar-refractivity contribution in [1.82, 2.24) is 14.0 Å². The monoisotopic (exact) mass is 619 g/mol. The number of nitrogens with zero attached hydrogens (tertiary/aromatic N) is 3. The Kier molecular flexibility index (Phi) is 5.29. The molecular formula is C44H38BN3. The van der Waals surface area contributed by atoms with Crippen LogP contribution >= 0.6 is 0 Å². The standard InChI is InChI=1S/C44H38BN3/c1-23-19-20-34-37-36(23)27(5)22-32-41(37)48-42-33(45(32)39-24(2)13-11-14-25(39)3)21-26(4)28(6)40(42)46-43(48)47(34)35-18-12-16-30-29-15-9-10-17-31(29)44(7,8)38(30)35/h9-22H,1-8H3. The first-order valence-corrected chi connectivity index (χ1v) is 17.3. The largest absolute Gasteiger partial charge is 0.279 e. The van der Waals surface area contributed by atoms with Crippen LogP contribution in [-0.4, -0.2) is 20.7 Å². The molecular weight excluding hydrogens is 581 g/mol. The molecule has 48 heavy (non-hydrogen) atoms. The fourth-order valence-corrected chi connectivity index (χ4v) is 9.84. The van der Waals surface area contributed by atoms with E-state index >= 15 is 0 Å². The Morgan fingerprint density at radius 1 is 0.625 bits per heavy atom. The molecule has 0 radical (unpaired) electrons. The van der Waals surface area contributed by atoms with Gasteiger partial charge in [0.1, 0.15) is 0 Å². The van der Waals surface area contributed by atoms with Gasteiger partial charge in [-0.2, -0.15) is 0 Å². The maximum absolute atomic E-state index is 5.68. The summed E-state index contributed by atoms with van der Waals surface area (Å²) in [4.78, 5) is 5.68. The van der Waals surface area contributed by atoms with Gasteiger partial charge in [-0.3, -0.25) is 8.97 Å². The zero-order valence-electron chi connectivity index (χ0n) is 29.0. The second-order valence-corrected chi connectivity index (χ2v) is 15.1.